The molecule has 6 nitrogen and oxygen atoms in total. The van der Waals surface area contributed by atoms with E-state index in [0.717, 1.165) is 106 Å². The van der Waals surface area contributed by atoms with E-state index in [-0.39, 0.29) is 11.5 Å². The third kappa shape index (κ3) is 4.80. The number of ether oxygens (including phenoxy) is 1. The molecule has 2 atom stereocenters. The molecule has 7 heteroatoms. The van der Waals surface area contributed by atoms with Crippen LogP contribution in [0.3, 0.4) is 0 Å². The predicted molar refractivity (Wildman–Crippen MR) is 143 cm³/mol. The van der Waals surface area contributed by atoms with Crippen LogP contribution < -0.4 is 0 Å². The summed E-state index contributed by atoms with van der Waals surface area (Å²) in [5.41, 5.74) is 5.76. The van der Waals surface area contributed by atoms with E-state index in [1.54, 1.807) is 12.1 Å². The van der Waals surface area contributed by atoms with Gasteiger partial charge >= 0.3 is 5.97 Å². The third-order valence-corrected chi connectivity index (χ3v) is 8.55. The number of fused-ring (bicyclic) bond motifs is 5. The van der Waals surface area contributed by atoms with Gasteiger partial charge in [0.25, 0.3) is 0 Å². The Labute approximate surface area is 217 Å². The molecule has 6 rings (SSSR count). The molecule has 0 amide bonds. The number of nitrogens with zero attached hydrogens (tertiary/aromatic N) is 3. The number of carboxylic acid groups (broad SMARTS) is 1. The SMILES string of the molecule is O=C(O)c1ccc2c([C@H]3CCCC[C@@H]3F)c3n(c2c1)CCN(CCN1CCOCC1)Cc1ccccc1-3. The van der Waals surface area contributed by atoms with Crippen LogP contribution in [0.25, 0.3) is 22.2 Å². The second-order valence-corrected chi connectivity index (χ2v) is 10.7. The van der Waals surface area contributed by atoms with Crippen LogP contribution in [0.5, 0.6) is 0 Å². The summed E-state index contributed by atoms with van der Waals surface area (Å²) in [4.78, 5) is 16.9. The fourth-order valence-corrected chi connectivity index (χ4v) is 6.57. The maximum atomic E-state index is 15.5. The molecular weight excluding hydrogens is 469 g/mol. The van der Waals surface area contributed by atoms with Crippen LogP contribution in [0.15, 0.2) is 42.5 Å². The number of aromatic nitrogens is 1. The third-order valence-electron chi connectivity index (χ3n) is 8.55. The summed E-state index contributed by atoms with van der Waals surface area (Å²) >= 11 is 0. The lowest BCUT2D eigenvalue weighted by Gasteiger charge is -2.32. The smallest absolute Gasteiger partial charge is 0.335 e. The van der Waals surface area contributed by atoms with E-state index < -0.39 is 12.1 Å². The highest BCUT2D eigenvalue weighted by atomic mass is 19.1. The second kappa shape index (κ2) is 10.6. The Hall–Kier alpha value is -2.74. The van der Waals surface area contributed by atoms with Crippen molar-refractivity contribution in [3.8, 4) is 11.3 Å². The Bertz CT molecular complexity index is 1280. The van der Waals surface area contributed by atoms with Crippen LogP contribution >= 0.6 is 0 Å². The highest BCUT2D eigenvalue weighted by molar-refractivity contribution is 5.98. The van der Waals surface area contributed by atoms with Crippen LogP contribution in [0.2, 0.25) is 0 Å². The molecule has 1 aliphatic carbocycles. The average molecular weight is 506 g/mol. The minimum absolute atomic E-state index is 0.159. The first kappa shape index (κ1) is 24.6. The van der Waals surface area contributed by atoms with E-state index in [4.69, 9.17) is 4.74 Å². The van der Waals surface area contributed by atoms with Crippen molar-refractivity contribution >= 4 is 16.9 Å². The number of benzene rings is 2. The molecule has 1 saturated carbocycles. The predicted octanol–water partition coefficient (Wildman–Crippen LogP) is 5.15. The molecule has 3 aromatic rings. The van der Waals surface area contributed by atoms with Gasteiger partial charge in [-0.2, -0.15) is 0 Å². The number of hydrogen-bond donors (Lipinski definition) is 1. The Morgan fingerprint density at radius 3 is 2.57 bits per heavy atom. The number of alkyl halides is 1. The molecular formula is C30H36FN3O3. The first-order valence-electron chi connectivity index (χ1n) is 13.7. The number of carboxylic acids is 1. The van der Waals surface area contributed by atoms with Gasteiger partial charge in [0, 0.05) is 68.2 Å². The van der Waals surface area contributed by atoms with Crippen LogP contribution in [0, 0.1) is 0 Å². The van der Waals surface area contributed by atoms with E-state index in [1.165, 1.54) is 5.56 Å². The molecule has 2 fully saturated rings. The largest absolute Gasteiger partial charge is 0.478 e. The number of rotatable bonds is 5. The summed E-state index contributed by atoms with van der Waals surface area (Å²) in [5, 5.41) is 10.8. The molecule has 1 N–H and O–H groups in total. The standard InChI is InChI=1S/C30H36FN3O3/c31-26-8-4-3-7-24(26)28-25-10-9-21(30(35)36)19-27(25)34-14-13-33(12-11-32-15-17-37-18-16-32)20-22-5-1-2-6-23(22)29(28)34/h1-2,5-6,9-10,19,24,26H,3-4,7-8,11-18,20H2,(H,35,36)/t24-,26-/m0/s1. The van der Waals surface area contributed by atoms with Crippen LogP contribution in [-0.4, -0.2) is 77.6 Å². The maximum Gasteiger partial charge on any atom is 0.335 e. The molecule has 0 unspecified atom stereocenters. The van der Waals surface area contributed by atoms with Crippen molar-refractivity contribution in [1.82, 2.24) is 14.4 Å². The Balaban J connectivity index is 1.45. The average Bonchev–Trinajstić information content (AvgIpc) is 3.22. The van der Waals surface area contributed by atoms with Crippen molar-refractivity contribution in [2.24, 2.45) is 0 Å². The van der Waals surface area contributed by atoms with Gasteiger partial charge in [0.15, 0.2) is 0 Å². The van der Waals surface area contributed by atoms with Crippen molar-refractivity contribution in [2.75, 3.05) is 45.9 Å². The van der Waals surface area contributed by atoms with Gasteiger partial charge in [-0.25, -0.2) is 9.18 Å². The van der Waals surface area contributed by atoms with Crippen molar-refractivity contribution in [3.63, 3.8) is 0 Å². The molecule has 3 aliphatic rings. The van der Waals surface area contributed by atoms with Gasteiger partial charge in [-0.15, -0.1) is 0 Å². The Kier molecular flexibility index (Phi) is 7.02. The summed E-state index contributed by atoms with van der Waals surface area (Å²) in [6, 6.07) is 13.9. The molecule has 1 aromatic heterocycles. The maximum absolute atomic E-state index is 15.5. The van der Waals surface area contributed by atoms with E-state index in [1.807, 2.05) is 6.07 Å². The quantitative estimate of drug-likeness (QED) is 0.520. The first-order valence-corrected chi connectivity index (χ1v) is 13.7. The number of aromatic carboxylic acids is 1. The molecule has 2 aliphatic heterocycles. The molecule has 0 bridgehead atoms. The van der Waals surface area contributed by atoms with Crippen LogP contribution in [-0.2, 0) is 17.8 Å². The zero-order valence-corrected chi connectivity index (χ0v) is 21.4. The molecule has 196 valence electrons. The molecule has 1 saturated heterocycles. The van der Waals surface area contributed by atoms with Crippen molar-refractivity contribution in [3.05, 3.63) is 59.2 Å². The van der Waals surface area contributed by atoms with Gasteiger partial charge in [-0.05, 0) is 36.1 Å². The first-order chi connectivity index (χ1) is 18.1. The number of halogens is 1. The zero-order valence-electron chi connectivity index (χ0n) is 21.4. The van der Waals surface area contributed by atoms with Crippen LogP contribution in [0.4, 0.5) is 4.39 Å². The summed E-state index contributed by atoms with van der Waals surface area (Å²) < 4.78 is 23.3. The van der Waals surface area contributed by atoms with E-state index >= 15 is 4.39 Å². The Morgan fingerprint density at radius 1 is 0.973 bits per heavy atom. The van der Waals surface area contributed by atoms with Crippen molar-refractivity contribution < 1.29 is 19.0 Å². The minimum atomic E-state index is -0.932. The number of hydrogen-bond acceptors (Lipinski definition) is 4. The van der Waals surface area contributed by atoms with Gasteiger partial charge in [0.1, 0.15) is 6.17 Å². The van der Waals surface area contributed by atoms with Gasteiger partial charge in [-0.1, -0.05) is 43.2 Å². The van der Waals surface area contributed by atoms with Gasteiger partial charge in [0.2, 0.25) is 0 Å². The normalized spacial score (nSPS) is 23.3. The number of carbonyl (C=O) groups is 1. The molecule has 0 radical (unpaired) electrons. The van der Waals surface area contributed by atoms with Gasteiger partial charge < -0.3 is 14.4 Å². The fraction of sp³-hybridized carbons (Fsp3) is 0.500. The summed E-state index contributed by atoms with van der Waals surface area (Å²) in [7, 11) is 0. The highest BCUT2D eigenvalue weighted by Crippen LogP contribution is 2.46. The molecule has 0 spiro atoms. The minimum Gasteiger partial charge on any atom is -0.478 e. The molecule has 37 heavy (non-hydrogen) atoms. The lowest BCUT2D eigenvalue weighted by Crippen LogP contribution is -2.42. The van der Waals surface area contributed by atoms with Gasteiger partial charge in [-0.3, -0.25) is 9.80 Å². The summed E-state index contributed by atoms with van der Waals surface area (Å²) in [6.45, 7) is 7.97. The van der Waals surface area contributed by atoms with Crippen molar-refractivity contribution in [1.29, 1.82) is 0 Å². The molecule has 3 heterocycles. The molecule has 2 aromatic carbocycles. The number of morpholine rings is 1. The van der Waals surface area contributed by atoms with E-state index in [0.29, 0.717) is 6.42 Å². The lowest BCUT2D eigenvalue weighted by molar-refractivity contribution is 0.0327. The van der Waals surface area contributed by atoms with Crippen molar-refractivity contribution in [2.45, 2.75) is 50.9 Å². The monoisotopic (exact) mass is 505 g/mol. The van der Waals surface area contributed by atoms with Crippen LogP contribution in [0.1, 0.15) is 53.1 Å². The fourth-order valence-electron chi connectivity index (χ4n) is 6.57. The topological polar surface area (TPSA) is 57.9 Å². The second-order valence-electron chi connectivity index (χ2n) is 10.7. The van der Waals surface area contributed by atoms with Gasteiger partial charge in [0.05, 0.1) is 24.5 Å². The van der Waals surface area contributed by atoms with E-state index in [9.17, 15) is 9.90 Å². The lowest BCUT2D eigenvalue weighted by atomic mass is 9.80. The summed E-state index contributed by atoms with van der Waals surface area (Å²) in [5.74, 6) is -1.09. The van der Waals surface area contributed by atoms with E-state index in [2.05, 4.69) is 38.6 Å². The zero-order chi connectivity index (χ0) is 25.4. The Morgan fingerprint density at radius 2 is 1.76 bits per heavy atom. The summed E-state index contributed by atoms with van der Waals surface area (Å²) in [6.07, 6.45) is 2.53. The highest BCUT2D eigenvalue weighted by Gasteiger charge is 2.34.